The highest BCUT2D eigenvalue weighted by atomic mass is 79.9. The highest BCUT2D eigenvalue weighted by Gasteiger charge is 2.02. The number of nitrogens with one attached hydrogen (secondary N) is 2. The smallest absolute Gasteiger partial charge is 0.233 e. The van der Waals surface area contributed by atoms with Crippen LogP contribution in [-0.4, -0.2) is 39.3 Å². The van der Waals surface area contributed by atoms with Crippen LogP contribution >= 0.6 is 28.3 Å². The third kappa shape index (κ3) is 7.79. The van der Waals surface area contributed by atoms with E-state index in [4.69, 9.17) is 4.74 Å². The van der Waals surface area contributed by atoms with Gasteiger partial charge in [0.05, 0.1) is 17.6 Å². The predicted molar refractivity (Wildman–Crippen MR) is 82.8 cm³/mol. The normalized spacial score (nSPS) is 9.95. The molecule has 0 fully saturated rings. The number of amides is 1. The summed E-state index contributed by atoms with van der Waals surface area (Å²) in [7, 11) is 1.61. The fourth-order valence-electron chi connectivity index (χ4n) is 1.48. The Balaban J connectivity index is 0.00000361. The summed E-state index contributed by atoms with van der Waals surface area (Å²) in [6.07, 6.45) is 0.669. The van der Waals surface area contributed by atoms with E-state index in [1.165, 1.54) is 6.07 Å². The Kier molecular flexibility index (Phi) is 10.6. The van der Waals surface area contributed by atoms with Gasteiger partial charge in [-0.25, -0.2) is 4.39 Å². The molecule has 0 saturated heterocycles. The van der Waals surface area contributed by atoms with Crippen molar-refractivity contribution in [3.05, 3.63) is 34.1 Å². The molecule has 1 aromatic carbocycles. The van der Waals surface area contributed by atoms with Crippen LogP contribution in [0.15, 0.2) is 22.7 Å². The number of carbonyl (C=O) groups is 1. The summed E-state index contributed by atoms with van der Waals surface area (Å²) in [5.41, 5.74) is 0.973. The predicted octanol–water partition coefficient (Wildman–Crippen LogP) is 1.90. The van der Waals surface area contributed by atoms with Gasteiger partial charge >= 0.3 is 0 Å². The van der Waals surface area contributed by atoms with Crippen LogP contribution in [0.25, 0.3) is 0 Å². The summed E-state index contributed by atoms with van der Waals surface area (Å²) in [6, 6.07) is 4.84. The Labute approximate surface area is 133 Å². The quantitative estimate of drug-likeness (QED) is 0.688. The van der Waals surface area contributed by atoms with Crippen molar-refractivity contribution in [2.45, 2.75) is 6.42 Å². The van der Waals surface area contributed by atoms with E-state index in [1.54, 1.807) is 19.2 Å². The number of ether oxygens (including phenoxy) is 1. The Morgan fingerprint density at radius 3 is 2.80 bits per heavy atom. The van der Waals surface area contributed by atoms with E-state index in [0.717, 1.165) is 5.56 Å². The van der Waals surface area contributed by atoms with Gasteiger partial charge < -0.3 is 15.4 Å². The fourth-order valence-corrected chi connectivity index (χ4v) is 1.91. The number of halogens is 3. The van der Waals surface area contributed by atoms with Gasteiger partial charge in [-0.3, -0.25) is 4.79 Å². The summed E-state index contributed by atoms with van der Waals surface area (Å²) < 4.78 is 18.3. The molecular formula is C13H19BrClFN2O2. The third-order valence-corrected chi connectivity index (χ3v) is 3.10. The lowest BCUT2D eigenvalue weighted by Gasteiger charge is -2.07. The molecule has 1 aromatic rings. The van der Waals surface area contributed by atoms with Crippen LogP contribution in [0.2, 0.25) is 0 Å². The van der Waals surface area contributed by atoms with Crippen LogP contribution in [0.5, 0.6) is 0 Å². The maximum atomic E-state index is 13.0. The van der Waals surface area contributed by atoms with E-state index in [2.05, 4.69) is 26.6 Å². The van der Waals surface area contributed by atoms with Crippen LogP contribution in [0.4, 0.5) is 4.39 Å². The maximum absolute atomic E-state index is 13.0. The van der Waals surface area contributed by atoms with Crippen LogP contribution in [0, 0.1) is 5.82 Å². The highest BCUT2D eigenvalue weighted by molar-refractivity contribution is 9.10. The molecule has 7 heteroatoms. The van der Waals surface area contributed by atoms with Crippen LogP contribution in [0.3, 0.4) is 0 Å². The van der Waals surface area contributed by atoms with Crippen LogP contribution in [0.1, 0.15) is 5.56 Å². The van der Waals surface area contributed by atoms with Gasteiger partial charge in [0, 0.05) is 20.2 Å². The van der Waals surface area contributed by atoms with Gasteiger partial charge in [-0.05, 0) is 40.0 Å². The van der Waals surface area contributed by atoms with E-state index in [-0.39, 0.29) is 30.7 Å². The van der Waals surface area contributed by atoms with E-state index >= 15 is 0 Å². The molecule has 0 saturated carbocycles. The molecule has 114 valence electrons. The van der Waals surface area contributed by atoms with Crippen molar-refractivity contribution in [2.75, 3.05) is 33.4 Å². The van der Waals surface area contributed by atoms with Crippen molar-refractivity contribution in [2.24, 2.45) is 0 Å². The molecule has 0 unspecified atom stereocenters. The summed E-state index contributed by atoms with van der Waals surface area (Å²) in [5, 5.41) is 5.75. The number of benzene rings is 1. The van der Waals surface area contributed by atoms with E-state index in [1.807, 2.05) is 0 Å². The van der Waals surface area contributed by atoms with Crippen molar-refractivity contribution < 1.29 is 13.9 Å². The van der Waals surface area contributed by atoms with Crippen molar-refractivity contribution in [3.63, 3.8) is 0 Å². The first-order valence-electron chi connectivity index (χ1n) is 6.03. The van der Waals surface area contributed by atoms with E-state index in [0.29, 0.717) is 30.6 Å². The molecule has 4 nitrogen and oxygen atoms in total. The summed E-state index contributed by atoms with van der Waals surface area (Å²) in [6.45, 7) is 2.03. The first-order valence-corrected chi connectivity index (χ1v) is 6.83. The van der Waals surface area contributed by atoms with E-state index < -0.39 is 0 Å². The molecule has 0 heterocycles. The molecule has 20 heavy (non-hydrogen) atoms. The fraction of sp³-hybridized carbons (Fsp3) is 0.462. The number of hydrogen-bond acceptors (Lipinski definition) is 3. The van der Waals surface area contributed by atoms with Gasteiger partial charge in [0.25, 0.3) is 0 Å². The minimum Gasteiger partial charge on any atom is -0.383 e. The molecule has 0 aliphatic rings. The van der Waals surface area contributed by atoms with Crippen molar-refractivity contribution >= 4 is 34.2 Å². The minimum absolute atomic E-state index is 0. The van der Waals surface area contributed by atoms with Crippen molar-refractivity contribution in [1.29, 1.82) is 0 Å². The molecule has 0 aromatic heterocycles. The van der Waals surface area contributed by atoms with Crippen LogP contribution in [-0.2, 0) is 16.0 Å². The molecule has 0 aliphatic carbocycles. The second-order valence-corrected chi connectivity index (χ2v) is 4.87. The molecule has 0 atom stereocenters. The Morgan fingerprint density at radius 1 is 1.40 bits per heavy atom. The Bertz CT molecular complexity index is 421. The molecule has 0 bridgehead atoms. The minimum atomic E-state index is -0.282. The van der Waals surface area contributed by atoms with E-state index in [9.17, 15) is 9.18 Å². The molecule has 1 amide bonds. The number of rotatable bonds is 8. The van der Waals surface area contributed by atoms with Crippen LogP contribution < -0.4 is 10.6 Å². The SMILES string of the molecule is COCCNCC(=O)NCCc1ccc(F)c(Br)c1.Cl. The lowest BCUT2D eigenvalue weighted by molar-refractivity contribution is -0.120. The third-order valence-electron chi connectivity index (χ3n) is 2.49. The largest absolute Gasteiger partial charge is 0.383 e. The average molecular weight is 370 g/mol. The average Bonchev–Trinajstić information content (AvgIpc) is 2.39. The molecule has 0 radical (unpaired) electrons. The summed E-state index contributed by atoms with van der Waals surface area (Å²) in [5.74, 6) is -0.340. The first kappa shape index (κ1) is 19.3. The number of carbonyl (C=O) groups excluding carboxylic acids is 1. The standard InChI is InChI=1S/C13H18BrFN2O2.ClH/c1-19-7-6-16-9-13(18)17-5-4-10-2-3-12(15)11(14)8-10;/h2-3,8,16H,4-7,9H2,1H3,(H,17,18);1H. The number of methoxy groups -OCH3 is 1. The highest BCUT2D eigenvalue weighted by Crippen LogP contribution is 2.16. The zero-order chi connectivity index (χ0) is 14.1. The van der Waals surface area contributed by atoms with Gasteiger partial charge in [0.1, 0.15) is 5.82 Å². The second-order valence-electron chi connectivity index (χ2n) is 4.02. The summed E-state index contributed by atoms with van der Waals surface area (Å²) >= 11 is 3.13. The van der Waals surface area contributed by atoms with Gasteiger partial charge in [-0.1, -0.05) is 6.07 Å². The zero-order valence-electron chi connectivity index (χ0n) is 11.2. The molecular weight excluding hydrogens is 351 g/mol. The van der Waals surface area contributed by atoms with Crippen molar-refractivity contribution in [3.8, 4) is 0 Å². The topological polar surface area (TPSA) is 50.4 Å². The second kappa shape index (κ2) is 11.0. The number of hydrogen-bond donors (Lipinski definition) is 2. The van der Waals surface area contributed by atoms with Gasteiger partial charge in [0.2, 0.25) is 5.91 Å². The Morgan fingerprint density at radius 2 is 2.15 bits per heavy atom. The van der Waals surface area contributed by atoms with Crippen molar-refractivity contribution in [1.82, 2.24) is 10.6 Å². The first-order chi connectivity index (χ1) is 9.13. The van der Waals surface area contributed by atoms with Gasteiger partial charge in [-0.15, -0.1) is 12.4 Å². The summed E-state index contributed by atoms with van der Waals surface area (Å²) in [4.78, 5) is 11.4. The maximum Gasteiger partial charge on any atom is 0.233 e. The monoisotopic (exact) mass is 368 g/mol. The lowest BCUT2D eigenvalue weighted by Crippen LogP contribution is -2.36. The molecule has 0 spiro atoms. The zero-order valence-corrected chi connectivity index (χ0v) is 13.7. The van der Waals surface area contributed by atoms with Gasteiger partial charge in [0.15, 0.2) is 0 Å². The van der Waals surface area contributed by atoms with Gasteiger partial charge in [-0.2, -0.15) is 0 Å². The molecule has 2 N–H and O–H groups in total. The Hall–Kier alpha value is -0.690. The lowest BCUT2D eigenvalue weighted by atomic mass is 10.1. The molecule has 0 aliphatic heterocycles. The molecule has 1 rings (SSSR count).